The number of aromatic hydroxyl groups is 1. The van der Waals surface area contributed by atoms with Gasteiger partial charge in [0.15, 0.2) is 11.6 Å². The van der Waals surface area contributed by atoms with Crippen LogP contribution in [0.4, 0.5) is 8.78 Å². The molecule has 1 fully saturated rings. The van der Waals surface area contributed by atoms with Crippen molar-refractivity contribution >= 4 is 16.9 Å². The van der Waals surface area contributed by atoms with Crippen LogP contribution in [0.1, 0.15) is 35.0 Å². The minimum Gasteiger partial charge on any atom is -0.504 e. The number of phenolic OH excluding ortho intramolecular Hbond substituents is 1. The molecule has 0 aliphatic carbocycles. The minimum atomic E-state index is -1.05. The van der Waals surface area contributed by atoms with Gasteiger partial charge in [0.1, 0.15) is 5.82 Å². The van der Waals surface area contributed by atoms with Crippen molar-refractivity contribution in [1.82, 2.24) is 4.57 Å². The van der Waals surface area contributed by atoms with E-state index in [1.54, 1.807) is 37.3 Å². The second-order valence-electron chi connectivity index (χ2n) is 8.79. The standard InChI is InChI=1S/C27H23F2NO4/c1-3-27(13-34-14-27)25-22(16-4-6-17(7-5-16)26(32)33)23-21(11-10-20(29)24(23)31)30(25)18-8-9-19(28)15(2)12-18/h4-12,31H,3,13-14H2,1-2H3,(H,32,33). The lowest BCUT2D eigenvalue weighted by Crippen LogP contribution is -2.47. The van der Waals surface area contributed by atoms with Crippen LogP contribution < -0.4 is 0 Å². The van der Waals surface area contributed by atoms with Crippen molar-refractivity contribution in [3.63, 3.8) is 0 Å². The summed E-state index contributed by atoms with van der Waals surface area (Å²) in [7, 11) is 0. The lowest BCUT2D eigenvalue weighted by atomic mass is 9.76. The summed E-state index contributed by atoms with van der Waals surface area (Å²) in [6.07, 6.45) is 0.715. The molecule has 34 heavy (non-hydrogen) atoms. The number of hydrogen-bond acceptors (Lipinski definition) is 3. The highest BCUT2D eigenvalue weighted by Crippen LogP contribution is 2.49. The molecule has 1 aromatic heterocycles. The predicted octanol–water partition coefficient (Wildman–Crippen LogP) is 5.97. The second-order valence-corrected chi connectivity index (χ2v) is 8.79. The van der Waals surface area contributed by atoms with Crippen LogP contribution in [0.5, 0.6) is 5.75 Å². The van der Waals surface area contributed by atoms with Gasteiger partial charge in [0.25, 0.3) is 0 Å². The van der Waals surface area contributed by atoms with E-state index in [9.17, 15) is 23.8 Å². The maximum absolute atomic E-state index is 14.6. The van der Waals surface area contributed by atoms with Crippen LogP contribution >= 0.6 is 0 Å². The predicted molar refractivity (Wildman–Crippen MR) is 125 cm³/mol. The van der Waals surface area contributed by atoms with Crippen molar-refractivity contribution < 1.29 is 28.5 Å². The number of benzene rings is 3. The number of halogens is 2. The van der Waals surface area contributed by atoms with Gasteiger partial charge in [0.2, 0.25) is 0 Å². The van der Waals surface area contributed by atoms with Crippen LogP contribution in [0.25, 0.3) is 27.7 Å². The summed E-state index contributed by atoms with van der Waals surface area (Å²) in [5.41, 5.74) is 3.46. The minimum absolute atomic E-state index is 0.121. The Bertz CT molecular complexity index is 1430. The molecule has 0 saturated carbocycles. The molecular weight excluding hydrogens is 440 g/mol. The molecule has 0 spiro atoms. The topological polar surface area (TPSA) is 71.7 Å². The molecule has 5 rings (SSSR count). The Morgan fingerprint density at radius 1 is 1.06 bits per heavy atom. The number of rotatable bonds is 5. The summed E-state index contributed by atoms with van der Waals surface area (Å²) < 4.78 is 36.3. The number of carbonyl (C=O) groups is 1. The van der Waals surface area contributed by atoms with Gasteiger partial charge in [0, 0.05) is 16.9 Å². The first-order chi connectivity index (χ1) is 16.3. The van der Waals surface area contributed by atoms with Crippen molar-refractivity contribution in [1.29, 1.82) is 0 Å². The highest BCUT2D eigenvalue weighted by molar-refractivity contribution is 6.04. The SMILES string of the molecule is CCC1(c2c(-c3ccc(C(=O)O)cc3)c3c(O)c(F)ccc3n2-c2ccc(F)c(C)c2)COC1. The molecule has 1 aliphatic rings. The molecule has 7 heteroatoms. The number of aromatic carboxylic acids is 1. The molecule has 0 amide bonds. The van der Waals surface area contributed by atoms with Gasteiger partial charge in [-0.1, -0.05) is 19.1 Å². The van der Waals surface area contributed by atoms with E-state index in [1.807, 2.05) is 11.5 Å². The third kappa shape index (κ3) is 3.19. The number of nitrogens with zero attached hydrogens (tertiary/aromatic N) is 1. The molecule has 2 heterocycles. The normalized spacial score (nSPS) is 14.8. The van der Waals surface area contributed by atoms with Crippen molar-refractivity contribution in [3.05, 3.63) is 83.1 Å². The first-order valence-corrected chi connectivity index (χ1v) is 11.0. The highest BCUT2D eigenvalue weighted by Gasteiger charge is 2.44. The van der Waals surface area contributed by atoms with Crippen molar-refractivity contribution in [3.8, 4) is 22.6 Å². The average molecular weight is 463 g/mol. The zero-order chi connectivity index (χ0) is 24.2. The van der Waals surface area contributed by atoms with E-state index in [0.29, 0.717) is 52.9 Å². The Morgan fingerprint density at radius 3 is 2.29 bits per heavy atom. The maximum Gasteiger partial charge on any atom is 0.335 e. The summed E-state index contributed by atoms with van der Waals surface area (Å²) in [6, 6.07) is 13.9. The van der Waals surface area contributed by atoms with E-state index in [0.717, 1.165) is 5.69 Å². The molecule has 0 bridgehead atoms. The summed E-state index contributed by atoms with van der Waals surface area (Å²) in [6.45, 7) is 4.58. The number of hydrogen-bond donors (Lipinski definition) is 2. The van der Waals surface area contributed by atoms with Crippen molar-refractivity contribution in [2.75, 3.05) is 13.2 Å². The van der Waals surface area contributed by atoms with Crippen LogP contribution in [0.2, 0.25) is 0 Å². The lowest BCUT2D eigenvalue weighted by molar-refractivity contribution is -0.0644. The Hall–Kier alpha value is -3.71. The van der Waals surface area contributed by atoms with Gasteiger partial charge in [-0.25, -0.2) is 13.6 Å². The molecule has 174 valence electrons. The van der Waals surface area contributed by atoms with E-state index < -0.39 is 23.0 Å². The van der Waals surface area contributed by atoms with Gasteiger partial charge in [0.05, 0.1) is 35.1 Å². The third-order valence-electron chi connectivity index (χ3n) is 6.81. The van der Waals surface area contributed by atoms with E-state index >= 15 is 0 Å². The zero-order valence-corrected chi connectivity index (χ0v) is 18.7. The Labute approximate surface area is 194 Å². The first kappa shape index (κ1) is 22.1. The molecule has 0 atom stereocenters. The van der Waals surface area contributed by atoms with Crippen LogP contribution in [0.3, 0.4) is 0 Å². The zero-order valence-electron chi connectivity index (χ0n) is 18.7. The quantitative estimate of drug-likeness (QED) is 0.383. The van der Waals surface area contributed by atoms with Gasteiger partial charge < -0.3 is 19.5 Å². The lowest BCUT2D eigenvalue weighted by Gasteiger charge is -2.42. The maximum atomic E-state index is 14.6. The van der Waals surface area contributed by atoms with Crippen LogP contribution in [-0.2, 0) is 10.2 Å². The second kappa shape index (κ2) is 7.95. The van der Waals surface area contributed by atoms with Crippen LogP contribution in [0, 0.1) is 18.6 Å². The number of carboxylic acid groups (broad SMARTS) is 1. The molecule has 1 aliphatic heterocycles. The fourth-order valence-electron chi connectivity index (χ4n) is 4.79. The van der Waals surface area contributed by atoms with E-state index in [4.69, 9.17) is 4.74 Å². The van der Waals surface area contributed by atoms with Gasteiger partial charge in [-0.3, -0.25) is 0 Å². The van der Waals surface area contributed by atoms with Crippen molar-refractivity contribution in [2.45, 2.75) is 25.7 Å². The molecule has 1 saturated heterocycles. The molecule has 0 unspecified atom stereocenters. The fraction of sp³-hybridized carbons (Fsp3) is 0.222. The third-order valence-corrected chi connectivity index (χ3v) is 6.81. The molecule has 2 N–H and O–H groups in total. The van der Waals surface area contributed by atoms with E-state index in [1.165, 1.54) is 24.3 Å². The van der Waals surface area contributed by atoms with Crippen molar-refractivity contribution in [2.24, 2.45) is 0 Å². The average Bonchev–Trinajstić information content (AvgIpc) is 3.14. The Kier molecular flexibility index (Phi) is 5.17. The summed E-state index contributed by atoms with van der Waals surface area (Å²) in [4.78, 5) is 11.4. The Morgan fingerprint density at radius 2 is 1.74 bits per heavy atom. The van der Waals surface area contributed by atoms with Crippen LogP contribution in [-0.4, -0.2) is 34.0 Å². The number of carboxylic acids is 1. The fourth-order valence-corrected chi connectivity index (χ4v) is 4.79. The number of fused-ring (bicyclic) bond motifs is 1. The van der Waals surface area contributed by atoms with Gasteiger partial charge >= 0.3 is 5.97 Å². The number of aromatic nitrogens is 1. The summed E-state index contributed by atoms with van der Waals surface area (Å²) in [5.74, 6) is -2.63. The van der Waals surface area contributed by atoms with Gasteiger partial charge in [-0.2, -0.15) is 0 Å². The summed E-state index contributed by atoms with van der Waals surface area (Å²) in [5, 5.41) is 20.5. The first-order valence-electron chi connectivity index (χ1n) is 11.0. The smallest absolute Gasteiger partial charge is 0.335 e. The largest absolute Gasteiger partial charge is 0.504 e. The molecule has 5 nitrogen and oxygen atoms in total. The number of phenols is 1. The van der Waals surface area contributed by atoms with E-state index in [2.05, 4.69) is 0 Å². The van der Waals surface area contributed by atoms with Crippen LogP contribution in [0.15, 0.2) is 54.6 Å². The molecule has 0 radical (unpaired) electrons. The molecule has 3 aromatic carbocycles. The number of ether oxygens (including phenoxy) is 1. The van der Waals surface area contributed by atoms with Gasteiger partial charge in [-0.05, 0) is 66.9 Å². The van der Waals surface area contributed by atoms with E-state index in [-0.39, 0.29) is 11.4 Å². The Balaban J connectivity index is 1.94. The highest BCUT2D eigenvalue weighted by atomic mass is 19.1. The summed E-state index contributed by atoms with van der Waals surface area (Å²) >= 11 is 0. The number of aryl methyl sites for hydroxylation is 1. The monoisotopic (exact) mass is 463 g/mol. The molecular formula is C27H23F2NO4. The van der Waals surface area contributed by atoms with Gasteiger partial charge in [-0.15, -0.1) is 0 Å². The molecule has 4 aromatic rings.